The Balaban J connectivity index is 2.23. The quantitative estimate of drug-likeness (QED) is 0.918. The summed E-state index contributed by atoms with van der Waals surface area (Å²) in [6.07, 6.45) is 3.80. The number of nitrogens with zero attached hydrogens (tertiary/aromatic N) is 3. The van der Waals surface area contributed by atoms with E-state index in [0.29, 0.717) is 0 Å². The van der Waals surface area contributed by atoms with Gasteiger partial charge in [-0.15, -0.1) is 0 Å². The smallest absolute Gasteiger partial charge is 0.127 e. The van der Waals surface area contributed by atoms with Crippen LogP contribution in [0.5, 0.6) is 0 Å². The Morgan fingerprint density at radius 2 is 2.21 bits per heavy atom. The van der Waals surface area contributed by atoms with Crippen molar-refractivity contribution in [1.29, 1.82) is 0 Å². The van der Waals surface area contributed by atoms with E-state index in [2.05, 4.69) is 56.4 Å². The van der Waals surface area contributed by atoms with Crippen LogP contribution in [-0.4, -0.2) is 23.6 Å². The molecule has 0 atom stereocenters. The monoisotopic (exact) mass is 322 g/mol. The molecule has 0 bridgehead atoms. The number of aromatic nitrogens is 2. The summed E-state index contributed by atoms with van der Waals surface area (Å²) in [6, 6.07) is 6.36. The van der Waals surface area contributed by atoms with Gasteiger partial charge in [-0.1, -0.05) is 15.9 Å². The normalized spacial score (nSPS) is 10.7. The van der Waals surface area contributed by atoms with Gasteiger partial charge in [0.1, 0.15) is 5.82 Å². The predicted octanol–water partition coefficient (Wildman–Crippen LogP) is 2.54. The fourth-order valence-electron chi connectivity index (χ4n) is 2.10. The Morgan fingerprint density at radius 1 is 1.42 bits per heavy atom. The van der Waals surface area contributed by atoms with Gasteiger partial charge >= 0.3 is 0 Å². The molecule has 2 aromatic rings. The lowest BCUT2D eigenvalue weighted by Gasteiger charge is -2.22. The zero-order valence-corrected chi connectivity index (χ0v) is 13.1. The van der Waals surface area contributed by atoms with Gasteiger partial charge in [-0.25, -0.2) is 4.98 Å². The van der Waals surface area contributed by atoms with Crippen molar-refractivity contribution in [3.05, 3.63) is 46.5 Å². The maximum atomic E-state index is 4.37. The predicted molar refractivity (Wildman–Crippen MR) is 82.2 cm³/mol. The third kappa shape index (κ3) is 3.36. The number of rotatable bonds is 5. The number of hydrogen-bond donors (Lipinski definition) is 1. The summed E-state index contributed by atoms with van der Waals surface area (Å²) < 4.78 is 3.15. The summed E-state index contributed by atoms with van der Waals surface area (Å²) in [4.78, 5) is 6.59. The second-order valence-corrected chi connectivity index (χ2v) is 5.53. The molecule has 0 unspecified atom stereocenters. The van der Waals surface area contributed by atoms with Crippen molar-refractivity contribution in [2.75, 3.05) is 19.0 Å². The molecule has 19 heavy (non-hydrogen) atoms. The number of benzene rings is 1. The van der Waals surface area contributed by atoms with Gasteiger partial charge < -0.3 is 14.8 Å². The maximum absolute atomic E-state index is 4.37. The molecule has 102 valence electrons. The van der Waals surface area contributed by atoms with E-state index in [1.807, 2.05) is 31.1 Å². The van der Waals surface area contributed by atoms with E-state index in [-0.39, 0.29) is 0 Å². The summed E-state index contributed by atoms with van der Waals surface area (Å²) in [5.74, 6) is 1.06. The van der Waals surface area contributed by atoms with Gasteiger partial charge in [-0.3, -0.25) is 0 Å². The molecule has 1 N–H and O–H groups in total. The van der Waals surface area contributed by atoms with E-state index in [1.165, 1.54) is 11.3 Å². The van der Waals surface area contributed by atoms with Crippen LogP contribution >= 0.6 is 15.9 Å². The first kappa shape index (κ1) is 14.1. The van der Waals surface area contributed by atoms with Crippen LogP contribution in [0.15, 0.2) is 35.1 Å². The Bertz CT molecular complexity index is 550. The van der Waals surface area contributed by atoms with Crippen LogP contribution in [0, 0.1) is 0 Å². The second-order valence-electron chi connectivity index (χ2n) is 4.61. The van der Waals surface area contributed by atoms with Gasteiger partial charge in [-0.2, -0.15) is 0 Å². The van der Waals surface area contributed by atoms with Gasteiger partial charge in [0.25, 0.3) is 0 Å². The summed E-state index contributed by atoms with van der Waals surface area (Å²) in [7, 11) is 6.08. The Kier molecular flexibility index (Phi) is 4.61. The van der Waals surface area contributed by atoms with Gasteiger partial charge in [0.2, 0.25) is 0 Å². The van der Waals surface area contributed by atoms with Crippen LogP contribution in [0.25, 0.3) is 0 Å². The average molecular weight is 323 g/mol. The van der Waals surface area contributed by atoms with Crippen LogP contribution in [0.1, 0.15) is 11.4 Å². The third-order valence-corrected chi connectivity index (χ3v) is 3.61. The molecule has 0 fully saturated rings. The highest BCUT2D eigenvalue weighted by atomic mass is 79.9. The highest BCUT2D eigenvalue weighted by molar-refractivity contribution is 9.10. The molecule has 0 amide bonds. The molecule has 4 nitrogen and oxygen atoms in total. The molecule has 1 aromatic heterocycles. The minimum atomic E-state index is 0.793. The molecule has 0 saturated heterocycles. The molecule has 0 aliphatic rings. The number of anilines is 1. The molecular formula is C14H19BrN4. The number of imidazole rings is 1. The molecule has 0 saturated carbocycles. The highest BCUT2D eigenvalue weighted by Crippen LogP contribution is 2.24. The van der Waals surface area contributed by atoms with Crippen LogP contribution in [-0.2, 0) is 20.1 Å². The largest absolute Gasteiger partial charge is 0.367 e. The lowest BCUT2D eigenvalue weighted by Crippen LogP contribution is -2.21. The van der Waals surface area contributed by atoms with Gasteiger partial charge in [0, 0.05) is 43.2 Å². The first-order chi connectivity index (χ1) is 9.11. The first-order valence-electron chi connectivity index (χ1n) is 6.22. The van der Waals surface area contributed by atoms with Crippen molar-refractivity contribution in [2.24, 2.45) is 7.05 Å². The Morgan fingerprint density at radius 3 is 2.84 bits per heavy atom. The molecule has 1 aromatic carbocycles. The van der Waals surface area contributed by atoms with Crippen LogP contribution in [0.4, 0.5) is 5.69 Å². The van der Waals surface area contributed by atoms with Crippen LogP contribution < -0.4 is 10.2 Å². The zero-order valence-electron chi connectivity index (χ0n) is 11.5. The summed E-state index contributed by atoms with van der Waals surface area (Å²) >= 11 is 3.52. The average Bonchev–Trinajstić information content (AvgIpc) is 2.75. The van der Waals surface area contributed by atoms with Crippen molar-refractivity contribution in [3.8, 4) is 0 Å². The molecule has 5 heteroatoms. The van der Waals surface area contributed by atoms with Crippen molar-refractivity contribution < 1.29 is 0 Å². The molecular weight excluding hydrogens is 304 g/mol. The SMILES string of the molecule is CNCc1cc(Br)ccc1N(C)Cc1nccn1C. The minimum Gasteiger partial charge on any atom is -0.367 e. The van der Waals surface area contributed by atoms with Gasteiger partial charge in [0.05, 0.1) is 6.54 Å². The van der Waals surface area contributed by atoms with E-state index >= 15 is 0 Å². The van der Waals surface area contributed by atoms with Crippen LogP contribution in [0.2, 0.25) is 0 Å². The summed E-state index contributed by atoms with van der Waals surface area (Å²) in [5, 5.41) is 3.21. The maximum Gasteiger partial charge on any atom is 0.127 e. The van der Waals surface area contributed by atoms with Gasteiger partial charge in [0.15, 0.2) is 0 Å². The van der Waals surface area contributed by atoms with Gasteiger partial charge in [-0.05, 0) is 30.8 Å². The third-order valence-electron chi connectivity index (χ3n) is 3.12. The standard InChI is InChI=1S/C14H19BrN4/c1-16-9-11-8-12(15)4-5-13(11)19(3)10-14-17-6-7-18(14)2/h4-8,16H,9-10H2,1-3H3. The molecule has 1 heterocycles. The van der Waals surface area contributed by atoms with Crippen LogP contribution in [0.3, 0.4) is 0 Å². The topological polar surface area (TPSA) is 33.1 Å². The highest BCUT2D eigenvalue weighted by Gasteiger charge is 2.10. The first-order valence-corrected chi connectivity index (χ1v) is 7.01. The van der Waals surface area contributed by atoms with Crippen molar-refractivity contribution in [2.45, 2.75) is 13.1 Å². The number of halogens is 1. The molecule has 2 rings (SSSR count). The Labute approximate surface area is 122 Å². The fourth-order valence-corrected chi connectivity index (χ4v) is 2.51. The fraction of sp³-hybridized carbons (Fsp3) is 0.357. The van der Waals surface area contributed by atoms with E-state index in [9.17, 15) is 0 Å². The lowest BCUT2D eigenvalue weighted by atomic mass is 10.1. The van der Waals surface area contributed by atoms with Crippen molar-refractivity contribution in [1.82, 2.24) is 14.9 Å². The molecule has 0 aliphatic heterocycles. The number of aryl methyl sites for hydroxylation is 1. The lowest BCUT2D eigenvalue weighted by molar-refractivity contribution is 0.751. The number of nitrogens with one attached hydrogen (secondary N) is 1. The minimum absolute atomic E-state index is 0.793. The van der Waals surface area contributed by atoms with E-state index in [4.69, 9.17) is 0 Å². The van der Waals surface area contributed by atoms with Crippen molar-refractivity contribution in [3.63, 3.8) is 0 Å². The van der Waals surface area contributed by atoms with Crippen molar-refractivity contribution >= 4 is 21.6 Å². The van der Waals surface area contributed by atoms with E-state index in [0.717, 1.165) is 23.4 Å². The zero-order chi connectivity index (χ0) is 13.8. The van der Waals surface area contributed by atoms with E-state index in [1.54, 1.807) is 0 Å². The Hall–Kier alpha value is -1.33. The number of hydrogen-bond acceptors (Lipinski definition) is 3. The summed E-state index contributed by atoms with van der Waals surface area (Å²) in [5.41, 5.74) is 2.49. The molecule has 0 aliphatic carbocycles. The molecule has 0 spiro atoms. The van der Waals surface area contributed by atoms with E-state index < -0.39 is 0 Å². The molecule has 0 radical (unpaired) electrons. The summed E-state index contributed by atoms with van der Waals surface area (Å²) in [6.45, 7) is 1.64. The second kappa shape index (κ2) is 6.21.